The Kier molecular flexibility index (Phi) is 5.02. The van der Waals surface area contributed by atoms with Crippen LogP contribution in [0.2, 0.25) is 0 Å². The highest BCUT2D eigenvalue weighted by Crippen LogP contribution is 2.35. The van der Waals surface area contributed by atoms with Gasteiger partial charge in [0, 0.05) is 42.6 Å². The molecule has 4 heterocycles. The molecule has 5 rings (SSSR count). The highest BCUT2D eigenvalue weighted by atomic mass is 16.4. The molecule has 3 N–H and O–H groups in total. The van der Waals surface area contributed by atoms with Crippen molar-refractivity contribution >= 4 is 23.1 Å². The zero-order valence-corrected chi connectivity index (χ0v) is 18.4. The standard InChI is InChI=1S/C24H24N6O3/c1-13-7-18(14(2)27-20-6-4-3-5-17(20)24(32)33)21-28-22(19(9-25)23(31)29(21)12-13)30-15-8-16(30)11-26-10-15/h3-7,12,14-16,26-27H,8,10-11H2,1-2H3,(H,32,33)/t14-,15?,16?/m1/s1. The molecule has 2 saturated heterocycles. The lowest BCUT2D eigenvalue weighted by atomic mass is 9.88. The molecule has 2 aromatic heterocycles. The Bertz CT molecular complexity index is 1360. The third-order valence-electron chi connectivity index (χ3n) is 6.51. The smallest absolute Gasteiger partial charge is 0.337 e. The van der Waals surface area contributed by atoms with Crippen LogP contribution in [0.5, 0.6) is 0 Å². The van der Waals surface area contributed by atoms with E-state index >= 15 is 0 Å². The molecular weight excluding hydrogens is 420 g/mol. The summed E-state index contributed by atoms with van der Waals surface area (Å²) in [6, 6.07) is 10.8. The first-order valence-corrected chi connectivity index (χ1v) is 10.9. The van der Waals surface area contributed by atoms with E-state index in [2.05, 4.69) is 21.6 Å². The predicted molar refractivity (Wildman–Crippen MR) is 124 cm³/mol. The second kappa shape index (κ2) is 7.90. The first-order valence-electron chi connectivity index (χ1n) is 10.9. The molecule has 3 aromatic rings. The molecule has 2 bridgehead atoms. The van der Waals surface area contributed by atoms with Crippen LogP contribution in [0.3, 0.4) is 0 Å². The van der Waals surface area contributed by atoms with Gasteiger partial charge < -0.3 is 20.6 Å². The van der Waals surface area contributed by atoms with Gasteiger partial charge in [-0.05, 0) is 44.0 Å². The lowest BCUT2D eigenvalue weighted by Crippen LogP contribution is -2.68. The fourth-order valence-corrected chi connectivity index (χ4v) is 4.93. The van der Waals surface area contributed by atoms with Gasteiger partial charge in [0.15, 0.2) is 11.4 Å². The molecule has 0 saturated carbocycles. The minimum Gasteiger partial charge on any atom is -0.478 e. The van der Waals surface area contributed by atoms with Gasteiger partial charge in [-0.3, -0.25) is 9.20 Å². The Balaban J connectivity index is 1.65. The second-order valence-corrected chi connectivity index (χ2v) is 8.72. The highest BCUT2D eigenvalue weighted by Gasteiger charge is 2.43. The monoisotopic (exact) mass is 444 g/mol. The van der Waals surface area contributed by atoms with Gasteiger partial charge >= 0.3 is 5.97 Å². The molecule has 0 amide bonds. The molecule has 33 heavy (non-hydrogen) atoms. The molecule has 0 radical (unpaired) electrons. The van der Waals surface area contributed by atoms with Crippen molar-refractivity contribution in [2.75, 3.05) is 23.3 Å². The zero-order valence-electron chi connectivity index (χ0n) is 18.4. The largest absolute Gasteiger partial charge is 0.478 e. The van der Waals surface area contributed by atoms with Crippen LogP contribution in [-0.4, -0.2) is 45.6 Å². The van der Waals surface area contributed by atoms with Gasteiger partial charge in [0.05, 0.1) is 11.6 Å². The summed E-state index contributed by atoms with van der Waals surface area (Å²) in [7, 11) is 0. The van der Waals surface area contributed by atoms with Crippen molar-refractivity contribution in [1.82, 2.24) is 14.7 Å². The first kappa shape index (κ1) is 21.0. The number of carboxylic acid groups (broad SMARTS) is 1. The minimum absolute atomic E-state index is 0.0532. The molecule has 3 atom stereocenters. The molecule has 168 valence electrons. The first-order chi connectivity index (χ1) is 15.9. The summed E-state index contributed by atoms with van der Waals surface area (Å²) in [4.78, 5) is 31.9. The number of fused-ring (bicyclic) bond motifs is 3. The van der Waals surface area contributed by atoms with E-state index in [0.717, 1.165) is 30.6 Å². The zero-order chi connectivity index (χ0) is 23.3. The molecule has 1 aromatic carbocycles. The van der Waals surface area contributed by atoms with Crippen molar-refractivity contribution in [3.8, 4) is 6.07 Å². The number of piperazine rings is 1. The second-order valence-electron chi connectivity index (χ2n) is 8.72. The molecular formula is C24H24N6O3. The SMILES string of the molecule is Cc1cc([C@@H](C)Nc2ccccc2C(=O)O)c2nc(N3C4CNCC3C4)c(C#N)c(=O)n2c1. The Morgan fingerprint density at radius 2 is 2.06 bits per heavy atom. The van der Waals surface area contributed by atoms with Gasteiger partial charge in [-0.2, -0.15) is 5.26 Å². The van der Waals surface area contributed by atoms with Crippen LogP contribution in [-0.2, 0) is 0 Å². The van der Waals surface area contributed by atoms with E-state index in [4.69, 9.17) is 4.98 Å². The molecule has 0 spiro atoms. The predicted octanol–water partition coefficient (Wildman–Crippen LogP) is 2.30. The maximum absolute atomic E-state index is 13.3. The van der Waals surface area contributed by atoms with Crippen LogP contribution in [0.25, 0.3) is 5.65 Å². The lowest BCUT2D eigenvalue weighted by molar-refractivity contribution is 0.0698. The van der Waals surface area contributed by atoms with Crippen LogP contribution >= 0.6 is 0 Å². The van der Waals surface area contributed by atoms with E-state index in [1.807, 2.05) is 19.9 Å². The molecule has 2 fully saturated rings. The summed E-state index contributed by atoms with van der Waals surface area (Å²) in [5.74, 6) is -0.582. The van der Waals surface area contributed by atoms with Crippen LogP contribution in [0.1, 0.15) is 46.4 Å². The van der Waals surface area contributed by atoms with Crippen molar-refractivity contribution in [1.29, 1.82) is 5.26 Å². The van der Waals surface area contributed by atoms with Gasteiger partial charge in [0.1, 0.15) is 11.7 Å². The summed E-state index contributed by atoms with van der Waals surface area (Å²) in [6.45, 7) is 5.37. The number of nitrogens with zero attached hydrogens (tertiary/aromatic N) is 4. The Hall–Kier alpha value is -3.90. The van der Waals surface area contributed by atoms with E-state index in [9.17, 15) is 20.0 Å². The number of aromatic nitrogens is 2. The fraction of sp³-hybridized carbons (Fsp3) is 0.333. The third-order valence-corrected chi connectivity index (χ3v) is 6.51. The van der Waals surface area contributed by atoms with Gasteiger partial charge in [0.2, 0.25) is 0 Å². The van der Waals surface area contributed by atoms with Gasteiger partial charge in [0.25, 0.3) is 5.56 Å². The average Bonchev–Trinajstić information content (AvgIpc) is 2.80. The van der Waals surface area contributed by atoms with Crippen molar-refractivity contribution in [2.45, 2.75) is 38.4 Å². The maximum Gasteiger partial charge on any atom is 0.337 e. The topological polar surface area (TPSA) is 123 Å². The number of piperidine rings is 1. The van der Waals surface area contributed by atoms with Crippen LogP contribution in [0.4, 0.5) is 11.5 Å². The molecule has 9 heteroatoms. The number of rotatable bonds is 5. The van der Waals surface area contributed by atoms with Crippen molar-refractivity contribution in [3.63, 3.8) is 0 Å². The summed E-state index contributed by atoms with van der Waals surface area (Å²) >= 11 is 0. The van der Waals surface area contributed by atoms with E-state index in [0.29, 0.717) is 17.2 Å². The van der Waals surface area contributed by atoms with E-state index in [1.165, 1.54) is 4.40 Å². The highest BCUT2D eigenvalue weighted by molar-refractivity contribution is 5.94. The average molecular weight is 444 g/mol. The van der Waals surface area contributed by atoms with E-state index in [-0.39, 0.29) is 29.3 Å². The van der Waals surface area contributed by atoms with Gasteiger partial charge in [-0.25, -0.2) is 9.78 Å². The number of benzene rings is 1. The van der Waals surface area contributed by atoms with E-state index < -0.39 is 11.5 Å². The normalized spacial score (nSPS) is 20.1. The molecule has 0 aliphatic carbocycles. The Morgan fingerprint density at radius 1 is 1.33 bits per heavy atom. The summed E-state index contributed by atoms with van der Waals surface area (Å²) < 4.78 is 1.43. The minimum atomic E-state index is -1.02. The van der Waals surface area contributed by atoms with Crippen LogP contribution < -0.4 is 21.1 Å². The van der Waals surface area contributed by atoms with Crippen LogP contribution in [0, 0.1) is 18.3 Å². The number of nitrogens with one attached hydrogen (secondary N) is 2. The Labute approximate surface area is 190 Å². The van der Waals surface area contributed by atoms with Crippen LogP contribution in [0.15, 0.2) is 41.3 Å². The number of hydrogen-bond donors (Lipinski definition) is 3. The van der Waals surface area contributed by atoms with Gasteiger partial charge in [-0.1, -0.05) is 12.1 Å². The number of anilines is 2. The summed E-state index contributed by atoms with van der Waals surface area (Å²) in [6.07, 6.45) is 2.71. The summed E-state index contributed by atoms with van der Waals surface area (Å²) in [5.41, 5.74) is 2.36. The Morgan fingerprint density at radius 3 is 2.73 bits per heavy atom. The molecule has 2 aliphatic heterocycles. The van der Waals surface area contributed by atoms with Gasteiger partial charge in [-0.15, -0.1) is 0 Å². The maximum atomic E-state index is 13.3. The molecule has 2 unspecified atom stereocenters. The quantitative estimate of drug-likeness (QED) is 0.548. The molecule has 2 aliphatic rings. The summed E-state index contributed by atoms with van der Waals surface area (Å²) in [5, 5.41) is 26.0. The fourth-order valence-electron chi connectivity index (χ4n) is 4.93. The number of para-hydroxylation sites is 1. The van der Waals surface area contributed by atoms with Crippen molar-refractivity contribution in [2.24, 2.45) is 0 Å². The number of pyridine rings is 1. The number of aryl methyl sites for hydroxylation is 1. The number of hydrogen-bond acceptors (Lipinski definition) is 7. The number of aromatic carboxylic acids is 1. The van der Waals surface area contributed by atoms with E-state index in [1.54, 1.807) is 30.5 Å². The molecule has 9 nitrogen and oxygen atoms in total. The van der Waals surface area contributed by atoms with Crippen molar-refractivity contribution in [3.05, 3.63) is 69.1 Å². The third kappa shape index (κ3) is 3.39. The number of nitriles is 1. The number of carbonyl (C=O) groups is 1. The van der Waals surface area contributed by atoms with Crippen molar-refractivity contribution < 1.29 is 9.90 Å². The lowest BCUT2D eigenvalue weighted by Gasteiger charge is -2.53. The number of carboxylic acids is 1.